The van der Waals surface area contributed by atoms with Gasteiger partial charge in [-0.15, -0.1) is 10.2 Å². The molecule has 3 rings (SSSR count). The maximum absolute atomic E-state index is 12.1. The Labute approximate surface area is 139 Å². The predicted molar refractivity (Wildman–Crippen MR) is 85.0 cm³/mol. The minimum Gasteiger partial charge on any atom is -0.481 e. The monoisotopic (exact) mass is 351 g/mol. The molecule has 128 valence electrons. The molecule has 1 aliphatic rings. The van der Waals surface area contributed by atoms with Crippen LogP contribution in [0.4, 0.5) is 0 Å². The van der Waals surface area contributed by atoms with Crippen molar-refractivity contribution in [2.75, 3.05) is 11.5 Å². The Balaban J connectivity index is 1.56. The number of carbonyl (C=O) groups excluding carboxylic acids is 1. The molecule has 2 aromatic rings. The first-order valence-corrected chi connectivity index (χ1v) is 9.29. The summed E-state index contributed by atoms with van der Waals surface area (Å²) in [6, 6.07) is 6.55. The summed E-state index contributed by atoms with van der Waals surface area (Å²) in [5, 5.41) is 10.1. The molecule has 0 aliphatic carbocycles. The Morgan fingerprint density at radius 1 is 1.38 bits per heavy atom. The van der Waals surface area contributed by atoms with Crippen LogP contribution in [0.15, 0.2) is 35.1 Å². The van der Waals surface area contributed by atoms with Gasteiger partial charge in [-0.05, 0) is 37.6 Å². The number of aromatic nitrogens is 2. The van der Waals surface area contributed by atoms with Crippen LogP contribution < -0.4 is 10.1 Å². The summed E-state index contributed by atoms with van der Waals surface area (Å²) < 4.78 is 33.5. The summed E-state index contributed by atoms with van der Waals surface area (Å²) in [4.78, 5) is 12.1. The van der Waals surface area contributed by atoms with Gasteiger partial charge < -0.3 is 14.5 Å². The largest absolute Gasteiger partial charge is 0.481 e. The summed E-state index contributed by atoms with van der Waals surface area (Å²) in [5.41, 5.74) is 0.744. The highest BCUT2D eigenvalue weighted by Gasteiger charge is 2.30. The minimum absolute atomic E-state index is 0.00958. The quantitative estimate of drug-likeness (QED) is 0.848. The van der Waals surface area contributed by atoms with Crippen LogP contribution in [0.3, 0.4) is 0 Å². The maximum atomic E-state index is 12.1. The molecule has 8 nitrogen and oxygen atoms in total. The van der Waals surface area contributed by atoms with Gasteiger partial charge >= 0.3 is 0 Å². The second-order valence-corrected chi connectivity index (χ2v) is 7.87. The summed E-state index contributed by atoms with van der Waals surface area (Å²) in [7, 11) is -3.03. The van der Waals surface area contributed by atoms with E-state index in [1.165, 1.54) is 6.39 Å². The van der Waals surface area contributed by atoms with E-state index in [0.717, 1.165) is 5.56 Å². The molecule has 24 heavy (non-hydrogen) atoms. The predicted octanol–water partition coefficient (Wildman–Crippen LogP) is 0.807. The van der Waals surface area contributed by atoms with E-state index in [1.807, 2.05) is 0 Å². The van der Waals surface area contributed by atoms with E-state index >= 15 is 0 Å². The molecule has 1 aliphatic heterocycles. The second kappa shape index (κ2) is 6.60. The minimum atomic E-state index is -3.03. The van der Waals surface area contributed by atoms with Gasteiger partial charge in [0.1, 0.15) is 5.75 Å². The van der Waals surface area contributed by atoms with Crippen LogP contribution in [0.1, 0.15) is 13.3 Å². The molecule has 0 saturated carbocycles. The molecule has 1 fully saturated rings. The average molecular weight is 351 g/mol. The molecule has 0 bridgehead atoms. The van der Waals surface area contributed by atoms with Gasteiger partial charge in [-0.1, -0.05) is 0 Å². The highest BCUT2D eigenvalue weighted by Crippen LogP contribution is 2.21. The molecule has 1 saturated heterocycles. The number of hydrogen-bond acceptors (Lipinski definition) is 7. The number of sulfone groups is 1. The molecule has 0 unspecified atom stereocenters. The van der Waals surface area contributed by atoms with E-state index in [2.05, 4.69) is 15.5 Å². The standard InChI is InChI=1S/C15H17N3O5S/c1-10(14(19)17-12-6-7-24(20,21)8-12)23-13-4-2-11(3-5-13)15-18-16-9-22-15/h2-5,9-10,12H,6-8H2,1H3,(H,17,19)/t10-,12+/m0/s1. The van der Waals surface area contributed by atoms with Crippen molar-refractivity contribution < 1.29 is 22.4 Å². The summed E-state index contributed by atoms with van der Waals surface area (Å²) in [6.07, 6.45) is 0.956. The zero-order valence-electron chi connectivity index (χ0n) is 13.0. The number of carbonyl (C=O) groups is 1. The number of ether oxygens (including phenoxy) is 1. The third-order valence-corrected chi connectivity index (χ3v) is 5.49. The molecule has 0 spiro atoms. The Hall–Kier alpha value is -2.42. The van der Waals surface area contributed by atoms with Crippen molar-refractivity contribution in [3.8, 4) is 17.2 Å². The van der Waals surface area contributed by atoms with E-state index in [-0.39, 0.29) is 23.5 Å². The molecule has 1 aromatic carbocycles. The average Bonchev–Trinajstić information content (AvgIpc) is 3.18. The number of nitrogens with zero attached hydrogens (tertiary/aromatic N) is 2. The second-order valence-electron chi connectivity index (χ2n) is 5.64. The lowest BCUT2D eigenvalue weighted by Gasteiger charge is -2.17. The molecule has 1 N–H and O–H groups in total. The third-order valence-electron chi connectivity index (χ3n) is 3.72. The van der Waals surface area contributed by atoms with Gasteiger partial charge in [0.2, 0.25) is 12.3 Å². The van der Waals surface area contributed by atoms with Crippen LogP contribution in [0.2, 0.25) is 0 Å². The van der Waals surface area contributed by atoms with Gasteiger partial charge in [-0.3, -0.25) is 4.79 Å². The fourth-order valence-electron chi connectivity index (χ4n) is 2.46. The van der Waals surface area contributed by atoms with E-state index < -0.39 is 15.9 Å². The van der Waals surface area contributed by atoms with Crippen LogP contribution in [-0.4, -0.2) is 48.2 Å². The molecule has 9 heteroatoms. The van der Waals surface area contributed by atoms with Crippen LogP contribution in [0.25, 0.3) is 11.5 Å². The van der Waals surface area contributed by atoms with Crippen molar-refractivity contribution in [2.24, 2.45) is 0 Å². The number of hydrogen-bond donors (Lipinski definition) is 1. The highest BCUT2D eigenvalue weighted by molar-refractivity contribution is 7.91. The lowest BCUT2D eigenvalue weighted by atomic mass is 10.2. The van der Waals surface area contributed by atoms with Crippen molar-refractivity contribution in [3.63, 3.8) is 0 Å². The smallest absolute Gasteiger partial charge is 0.261 e. The van der Waals surface area contributed by atoms with Crippen molar-refractivity contribution in [1.29, 1.82) is 0 Å². The molecule has 2 heterocycles. The molecule has 1 aromatic heterocycles. The van der Waals surface area contributed by atoms with Crippen molar-refractivity contribution >= 4 is 15.7 Å². The summed E-state index contributed by atoms with van der Waals surface area (Å²) >= 11 is 0. The van der Waals surface area contributed by atoms with Crippen molar-refractivity contribution in [1.82, 2.24) is 15.5 Å². The van der Waals surface area contributed by atoms with Crippen LogP contribution in [-0.2, 0) is 14.6 Å². The fourth-order valence-corrected chi connectivity index (χ4v) is 4.13. The number of benzene rings is 1. The van der Waals surface area contributed by atoms with E-state index in [4.69, 9.17) is 9.15 Å². The molecule has 1 amide bonds. The van der Waals surface area contributed by atoms with E-state index in [9.17, 15) is 13.2 Å². The summed E-state index contributed by atoms with van der Waals surface area (Å²) in [6.45, 7) is 1.62. The zero-order valence-corrected chi connectivity index (χ0v) is 13.8. The van der Waals surface area contributed by atoms with Gasteiger partial charge in [0, 0.05) is 11.6 Å². The van der Waals surface area contributed by atoms with Crippen molar-refractivity contribution in [3.05, 3.63) is 30.7 Å². The van der Waals surface area contributed by atoms with Crippen LogP contribution in [0.5, 0.6) is 5.75 Å². The Bertz CT molecular complexity index is 802. The van der Waals surface area contributed by atoms with Gasteiger partial charge in [0.05, 0.1) is 11.5 Å². The maximum Gasteiger partial charge on any atom is 0.261 e. The molecular weight excluding hydrogens is 334 g/mol. The first-order chi connectivity index (χ1) is 11.4. The van der Waals surface area contributed by atoms with E-state index in [1.54, 1.807) is 31.2 Å². The molecule has 0 radical (unpaired) electrons. The molecular formula is C15H17N3O5S. The Morgan fingerprint density at radius 2 is 2.12 bits per heavy atom. The first kappa shape index (κ1) is 16.4. The SMILES string of the molecule is C[C@H](Oc1ccc(-c2nnco2)cc1)C(=O)N[C@@H]1CCS(=O)(=O)C1. The third kappa shape index (κ3) is 3.91. The van der Waals surface area contributed by atoms with Gasteiger partial charge in [0.15, 0.2) is 15.9 Å². The lowest BCUT2D eigenvalue weighted by molar-refractivity contribution is -0.127. The summed E-state index contributed by atoms with van der Waals surface area (Å²) in [5.74, 6) is 0.682. The normalized spacial score (nSPS) is 20.5. The van der Waals surface area contributed by atoms with Gasteiger partial charge in [-0.25, -0.2) is 8.42 Å². The highest BCUT2D eigenvalue weighted by atomic mass is 32.2. The lowest BCUT2D eigenvalue weighted by Crippen LogP contribution is -2.43. The van der Waals surface area contributed by atoms with Crippen LogP contribution in [0, 0.1) is 0 Å². The molecule has 2 atom stereocenters. The number of amides is 1. The van der Waals surface area contributed by atoms with E-state index in [0.29, 0.717) is 18.1 Å². The zero-order chi connectivity index (χ0) is 17.2. The number of nitrogens with one attached hydrogen (secondary N) is 1. The van der Waals surface area contributed by atoms with Gasteiger partial charge in [-0.2, -0.15) is 0 Å². The topological polar surface area (TPSA) is 111 Å². The Morgan fingerprint density at radius 3 is 2.71 bits per heavy atom. The Kier molecular flexibility index (Phi) is 4.52. The van der Waals surface area contributed by atoms with Crippen LogP contribution >= 0.6 is 0 Å². The number of rotatable bonds is 5. The van der Waals surface area contributed by atoms with Crippen molar-refractivity contribution in [2.45, 2.75) is 25.5 Å². The van der Waals surface area contributed by atoms with Gasteiger partial charge in [0.25, 0.3) is 5.91 Å². The fraction of sp³-hybridized carbons (Fsp3) is 0.400. The first-order valence-electron chi connectivity index (χ1n) is 7.47.